The molecule has 3 rings (SSSR count). The van der Waals surface area contributed by atoms with E-state index in [0.717, 1.165) is 0 Å². The Hall–Kier alpha value is -6.39. The number of aliphatic imine (C=N–C) groups is 3. The lowest BCUT2D eigenvalue weighted by molar-refractivity contribution is 0.111. The van der Waals surface area contributed by atoms with Crippen molar-refractivity contribution in [2.75, 3.05) is 29.0 Å². The van der Waals surface area contributed by atoms with Crippen LogP contribution >= 0.6 is 0 Å². The van der Waals surface area contributed by atoms with E-state index in [9.17, 15) is 28.8 Å². The van der Waals surface area contributed by atoms with E-state index < -0.39 is 24.3 Å². The van der Waals surface area contributed by atoms with Gasteiger partial charge in [-0.25, -0.2) is 28.8 Å². The van der Waals surface area contributed by atoms with Crippen LogP contribution in [0.1, 0.15) is 0 Å². The first-order chi connectivity index (χ1) is 20.4. The van der Waals surface area contributed by atoms with E-state index in [4.69, 9.17) is 4.74 Å². The Kier molecular flexibility index (Phi) is 11.4. The number of isocyanates is 3. The van der Waals surface area contributed by atoms with Gasteiger partial charge in [0, 0.05) is 17.1 Å². The average molecular weight is 571 g/mol. The maximum atomic E-state index is 12.6. The normalized spacial score (nSPS) is 10.3. The second-order valence-corrected chi connectivity index (χ2v) is 8.08. The molecule has 0 aliphatic heterocycles. The molecule has 15 nitrogen and oxygen atoms in total. The summed E-state index contributed by atoms with van der Waals surface area (Å²) in [6, 6.07) is 16.9. The number of nitrogens with one attached hydrogen (secondary N) is 5. The highest BCUT2D eigenvalue weighted by Crippen LogP contribution is 2.19. The summed E-state index contributed by atoms with van der Waals surface area (Å²) >= 11 is 0. The Morgan fingerprint density at radius 1 is 0.619 bits per heavy atom. The molecule has 0 radical (unpaired) electrons. The fourth-order valence-corrected chi connectivity index (χ4v) is 3.34. The molecule has 0 aliphatic rings. The molecule has 15 heteroatoms. The third kappa shape index (κ3) is 10.4. The van der Waals surface area contributed by atoms with Crippen LogP contribution in [-0.4, -0.2) is 55.6 Å². The Morgan fingerprint density at radius 3 is 1.38 bits per heavy atom. The fraction of sp³-hybridized carbons (Fsp3) is 0.111. The topological polar surface area (TPSA) is 209 Å². The number of hydrogen-bond donors (Lipinski definition) is 5. The predicted molar refractivity (Wildman–Crippen MR) is 151 cm³/mol. The average Bonchev–Trinajstić information content (AvgIpc) is 2.95. The second-order valence-electron chi connectivity index (χ2n) is 8.08. The van der Waals surface area contributed by atoms with Crippen molar-refractivity contribution in [3.05, 3.63) is 72.8 Å². The zero-order chi connectivity index (χ0) is 30.2. The molecule has 5 N–H and O–H groups in total. The Bertz CT molecular complexity index is 1510. The third-order valence-electron chi connectivity index (χ3n) is 5.08. The largest absolute Gasteiger partial charge is 0.442 e. The number of benzene rings is 3. The van der Waals surface area contributed by atoms with Gasteiger partial charge in [-0.15, -0.1) is 0 Å². The number of nitrogens with zero attached hydrogens (tertiary/aromatic N) is 3. The number of rotatable bonds is 11. The van der Waals surface area contributed by atoms with Gasteiger partial charge in [0.15, 0.2) is 0 Å². The molecule has 3 aromatic rings. The van der Waals surface area contributed by atoms with E-state index in [2.05, 4.69) is 41.6 Å². The van der Waals surface area contributed by atoms with E-state index in [-0.39, 0.29) is 35.8 Å². The summed E-state index contributed by atoms with van der Waals surface area (Å²) < 4.78 is 5.40. The summed E-state index contributed by atoms with van der Waals surface area (Å²) in [6.45, 7) is -0.463. The predicted octanol–water partition coefficient (Wildman–Crippen LogP) is 4.15. The highest BCUT2D eigenvalue weighted by Gasteiger charge is 2.18. The minimum Gasteiger partial charge on any atom is -0.442 e. The summed E-state index contributed by atoms with van der Waals surface area (Å²) in [6.07, 6.45) is 2.23. The van der Waals surface area contributed by atoms with Gasteiger partial charge >= 0.3 is 18.2 Å². The van der Waals surface area contributed by atoms with Crippen LogP contribution in [0.2, 0.25) is 0 Å². The first kappa shape index (κ1) is 30.2. The molecule has 0 aliphatic carbocycles. The zero-order valence-electron chi connectivity index (χ0n) is 21.6. The van der Waals surface area contributed by atoms with Crippen LogP contribution in [0, 0.1) is 0 Å². The van der Waals surface area contributed by atoms with Crippen molar-refractivity contribution in [3.8, 4) is 0 Å². The van der Waals surface area contributed by atoms with Crippen LogP contribution < -0.4 is 26.6 Å². The number of carbonyl (C=O) groups is 3. The van der Waals surface area contributed by atoms with Crippen molar-refractivity contribution in [1.82, 2.24) is 10.6 Å². The lowest BCUT2D eigenvalue weighted by atomic mass is 10.3. The molecule has 0 atom stereocenters. The van der Waals surface area contributed by atoms with Crippen molar-refractivity contribution in [2.45, 2.75) is 6.10 Å². The molecule has 0 saturated carbocycles. The molecule has 0 heterocycles. The van der Waals surface area contributed by atoms with Crippen LogP contribution in [0.15, 0.2) is 87.8 Å². The number of carbonyl (C=O) groups excluding carboxylic acids is 6. The smallest absolute Gasteiger partial charge is 0.412 e. The lowest BCUT2D eigenvalue weighted by Crippen LogP contribution is -2.45. The van der Waals surface area contributed by atoms with Gasteiger partial charge in [0.25, 0.3) is 0 Å². The summed E-state index contributed by atoms with van der Waals surface area (Å²) in [4.78, 5) is 79.4. The molecule has 5 amide bonds. The van der Waals surface area contributed by atoms with Gasteiger partial charge in [-0.1, -0.05) is 18.2 Å². The van der Waals surface area contributed by atoms with Gasteiger partial charge in [-0.3, -0.25) is 5.32 Å². The van der Waals surface area contributed by atoms with Crippen molar-refractivity contribution < 1.29 is 33.5 Å². The maximum absolute atomic E-state index is 12.6. The highest BCUT2D eigenvalue weighted by molar-refractivity contribution is 5.91. The SMILES string of the molecule is O=C=Nc1cccc(NC(=O)NCC(CNC(=O)Nc2cccc(N=C=O)c2)OC(=O)Nc2cccc(N=C=O)c2)c1. The third-order valence-corrected chi connectivity index (χ3v) is 5.08. The van der Waals surface area contributed by atoms with E-state index in [0.29, 0.717) is 11.4 Å². The molecule has 0 aromatic heterocycles. The molecule has 0 unspecified atom stereocenters. The van der Waals surface area contributed by atoms with Crippen LogP contribution in [-0.2, 0) is 19.1 Å². The quantitative estimate of drug-likeness (QED) is 0.168. The standard InChI is InChI=1S/C27H22N8O7/c36-15-30-18-4-1-7-21(10-18)33-25(39)28-13-24(42-27(41)35-23-9-3-6-20(12-23)32-17-38)14-29-26(40)34-22-8-2-5-19(11-22)31-16-37/h1-12,24H,13-14H2,(H,35,41)(H2,28,33,39)(H2,29,34,40). The van der Waals surface area contributed by atoms with Gasteiger partial charge in [-0.2, -0.15) is 15.0 Å². The fourth-order valence-electron chi connectivity index (χ4n) is 3.34. The number of hydrogen-bond acceptors (Lipinski definition) is 10. The summed E-state index contributed by atoms with van der Waals surface area (Å²) in [5.74, 6) is 0. The summed E-state index contributed by atoms with van der Waals surface area (Å²) in [5, 5.41) is 12.6. The first-order valence-corrected chi connectivity index (χ1v) is 12.0. The van der Waals surface area contributed by atoms with Crippen molar-refractivity contribution in [3.63, 3.8) is 0 Å². The molecular formula is C27H22N8O7. The molecule has 3 aromatic carbocycles. The molecule has 0 fully saturated rings. The maximum Gasteiger partial charge on any atom is 0.412 e. The number of ether oxygens (including phenoxy) is 1. The van der Waals surface area contributed by atoms with E-state index in [1.807, 2.05) is 0 Å². The Labute approximate surface area is 237 Å². The van der Waals surface area contributed by atoms with E-state index in [1.54, 1.807) is 42.5 Å². The number of urea groups is 2. The Balaban J connectivity index is 1.64. The van der Waals surface area contributed by atoms with Crippen molar-refractivity contribution >= 4 is 70.5 Å². The number of amides is 5. The molecule has 0 spiro atoms. The number of anilines is 3. The van der Waals surface area contributed by atoms with Crippen LogP contribution in [0.3, 0.4) is 0 Å². The molecule has 42 heavy (non-hydrogen) atoms. The van der Waals surface area contributed by atoms with Crippen LogP contribution in [0.5, 0.6) is 0 Å². The van der Waals surface area contributed by atoms with Crippen molar-refractivity contribution in [2.24, 2.45) is 15.0 Å². The van der Waals surface area contributed by atoms with Crippen molar-refractivity contribution in [1.29, 1.82) is 0 Å². The minimum atomic E-state index is -1.06. The zero-order valence-corrected chi connectivity index (χ0v) is 21.6. The highest BCUT2D eigenvalue weighted by atomic mass is 16.6. The molecular weight excluding hydrogens is 548 g/mol. The Morgan fingerprint density at radius 2 is 1.00 bits per heavy atom. The van der Waals surface area contributed by atoms with Gasteiger partial charge < -0.3 is 26.0 Å². The molecule has 0 saturated heterocycles. The summed E-state index contributed by atoms with van der Waals surface area (Å²) in [5.41, 5.74) is 1.74. The van der Waals surface area contributed by atoms with E-state index >= 15 is 0 Å². The minimum absolute atomic E-state index is 0.231. The lowest BCUT2D eigenvalue weighted by Gasteiger charge is -2.20. The molecule has 0 bridgehead atoms. The second kappa shape index (κ2) is 15.9. The van der Waals surface area contributed by atoms with Crippen LogP contribution in [0.25, 0.3) is 0 Å². The monoisotopic (exact) mass is 570 g/mol. The van der Waals surface area contributed by atoms with Gasteiger partial charge in [-0.05, 0) is 54.6 Å². The van der Waals surface area contributed by atoms with Gasteiger partial charge in [0.05, 0.1) is 30.2 Å². The summed E-state index contributed by atoms with van der Waals surface area (Å²) in [7, 11) is 0. The van der Waals surface area contributed by atoms with Crippen LogP contribution in [0.4, 0.5) is 48.5 Å². The van der Waals surface area contributed by atoms with E-state index in [1.165, 1.54) is 48.6 Å². The molecule has 212 valence electrons. The van der Waals surface area contributed by atoms with Gasteiger partial charge in [0.1, 0.15) is 6.10 Å². The first-order valence-electron chi connectivity index (χ1n) is 12.0. The van der Waals surface area contributed by atoms with Gasteiger partial charge in [0.2, 0.25) is 18.2 Å².